The summed E-state index contributed by atoms with van der Waals surface area (Å²) in [6, 6.07) is 1.78. The molecule has 0 unspecified atom stereocenters. The van der Waals surface area contributed by atoms with E-state index >= 15 is 0 Å². The molecule has 0 atom stereocenters. The topological polar surface area (TPSA) is 60.7 Å². The molecule has 5 nitrogen and oxygen atoms in total. The number of hydrogen-bond donors (Lipinski definition) is 0. The number of carbonyl (C=O) groups excluding carboxylic acids is 1. The third-order valence-electron chi connectivity index (χ3n) is 2.15. The van der Waals surface area contributed by atoms with Crippen LogP contribution < -0.4 is 0 Å². The van der Waals surface area contributed by atoms with Gasteiger partial charge in [0.15, 0.2) is 5.78 Å². The fraction of sp³-hybridized carbons (Fsp3) is 0.333. The van der Waals surface area contributed by atoms with Crippen molar-refractivity contribution >= 4 is 17.3 Å². The Kier molecular flexibility index (Phi) is 2.59. The van der Waals surface area contributed by atoms with Gasteiger partial charge in [0.05, 0.1) is 12.1 Å². The van der Waals surface area contributed by atoms with Gasteiger partial charge in [0.1, 0.15) is 5.69 Å². The summed E-state index contributed by atoms with van der Waals surface area (Å²) in [4.78, 5) is 11.7. The molecule has 0 aliphatic carbocycles. The minimum absolute atomic E-state index is 0.0219. The van der Waals surface area contributed by atoms with Crippen LogP contribution in [0.25, 0.3) is 0 Å². The number of aryl methyl sites for hydroxylation is 2. The van der Waals surface area contributed by atoms with Crippen LogP contribution in [0.4, 0.5) is 0 Å². The van der Waals surface area contributed by atoms with Crippen LogP contribution >= 0.6 is 11.5 Å². The Morgan fingerprint density at radius 1 is 1.60 bits per heavy atom. The van der Waals surface area contributed by atoms with E-state index in [-0.39, 0.29) is 12.2 Å². The summed E-state index contributed by atoms with van der Waals surface area (Å²) in [5.41, 5.74) is 2.16. The molecule has 0 amide bonds. The highest BCUT2D eigenvalue weighted by Gasteiger charge is 2.12. The third-order valence-corrected chi connectivity index (χ3v) is 2.70. The summed E-state index contributed by atoms with van der Waals surface area (Å²) in [7, 11) is 1.82. The number of carbonyl (C=O) groups is 1. The van der Waals surface area contributed by atoms with Crippen molar-refractivity contribution in [3.63, 3.8) is 0 Å². The minimum atomic E-state index is -0.0219. The van der Waals surface area contributed by atoms with Crippen molar-refractivity contribution in [1.29, 1.82) is 0 Å². The zero-order valence-corrected chi connectivity index (χ0v) is 9.28. The minimum Gasteiger partial charge on any atom is -0.292 e. The molecule has 78 valence electrons. The van der Waals surface area contributed by atoms with Gasteiger partial charge in [0.25, 0.3) is 0 Å². The van der Waals surface area contributed by atoms with Gasteiger partial charge in [-0.3, -0.25) is 9.48 Å². The molecule has 0 fully saturated rings. The van der Waals surface area contributed by atoms with E-state index in [9.17, 15) is 4.79 Å². The summed E-state index contributed by atoms with van der Waals surface area (Å²) in [5.74, 6) is -0.0219. The van der Waals surface area contributed by atoms with Crippen molar-refractivity contribution < 1.29 is 4.79 Å². The van der Waals surface area contributed by atoms with Crippen LogP contribution in [-0.2, 0) is 13.5 Å². The molecule has 0 aliphatic rings. The molecule has 6 heteroatoms. The third kappa shape index (κ3) is 2.10. The first-order chi connectivity index (χ1) is 7.16. The average molecular weight is 222 g/mol. The highest BCUT2D eigenvalue weighted by molar-refractivity contribution is 7.03. The molecule has 0 aromatic carbocycles. The quantitative estimate of drug-likeness (QED) is 0.727. The van der Waals surface area contributed by atoms with Crippen molar-refractivity contribution in [3.8, 4) is 0 Å². The van der Waals surface area contributed by atoms with Gasteiger partial charge in [-0.2, -0.15) is 5.10 Å². The van der Waals surface area contributed by atoms with E-state index in [1.165, 1.54) is 11.5 Å². The fourth-order valence-corrected chi connectivity index (χ4v) is 1.66. The Morgan fingerprint density at radius 2 is 2.40 bits per heavy atom. The number of nitrogens with zero attached hydrogens (tertiary/aromatic N) is 4. The first kappa shape index (κ1) is 9.97. The van der Waals surface area contributed by atoms with Gasteiger partial charge in [0.2, 0.25) is 0 Å². The zero-order chi connectivity index (χ0) is 10.8. The Balaban J connectivity index is 2.15. The summed E-state index contributed by atoms with van der Waals surface area (Å²) in [6.45, 7) is 1.91. The Hall–Kier alpha value is -1.56. The van der Waals surface area contributed by atoms with Crippen molar-refractivity contribution in [2.24, 2.45) is 7.05 Å². The van der Waals surface area contributed by atoms with E-state index in [1.54, 1.807) is 16.1 Å². The van der Waals surface area contributed by atoms with Crippen LogP contribution in [0.2, 0.25) is 0 Å². The maximum Gasteiger partial charge on any atom is 0.189 e. The first-order valence-corrected chi connectivity index (χ1v) is 5.30. The molecule has 0 saturated heterocycles. The van der Waals surface area contributed by atoms with Crippen LogP contribution in [0.1, 0.15) is 21.9 Å². The number of ketones is 1. The van der Waals surface area contributed by atoms with Crippen LogP contribution in [0.15, 0.2) is 11.4 Å². The molecule has 15 heavy (non-hydrogen) atoms. The van der Waals surface area contributed by atoms with Crippen LogP contribution in [0, 0.1) is 6.92 Å². The molecule has 0 spiro atoms. The highest BCUT2D eigenvalue weighted by atomic mass is 32.1. The lowest BCUT2D eigenvalue weighted by Crippen LogP contribution is -2.05. The van der Waals surface area contributed by atoms with E-state index in [0.717, 1.165) is 5.69 Å². The standard InChI is InChI=1S/C9H10N4OS/c1-6-3-8(11-13(6)2)9(14)4-7-5-15-12-10-7/h3,5H,4H2,1-2H3. The second-order valence-corrected chi connectivity index (χ2v) is 3.90. The van der Waals surface area contributed by atoms with E-state index in [4.69, 9.17) is 0 Å². The molecule has 0 N–H and O–H groups in total. The lowest BCUT2D eigenvalue weighted by Gasteiger charge is -1.92. The molecular weight excluding hydrogens is 212 g/mol. The monoisotopic (exact) mass is 222 g/mol. The molecule has 2 rings (SSSR count). The summed E-state index contributed by atoms with van der Waals surface area (Å²) < 4.78 is 5.39. The van der Waals surface area contributed by atoms with Gasteiger partial charge in [-0.1, -0.05) is 4.49 Å². The predicted octanol–water partition coefficient (Wildman–Crippen LogP) is 1.01. The molecule has 2 aromatic heterocycles. The smallest absolute Gasteiger partial charge is 0.189 e. The van der Waals surface area contributed by atoms with Crippen LogP contribution in [0.5, 0.6) is 0 Å². The fourth-order valence-electron chi connectivity index (χ4n) is 1.21. The number of hydrogen-bond acceptors (Lipinski definition) is 5. The van der Waals surface area contributed by atoms with Crippen molar-refractivity contribution in [2.45, 2.75) is 13.3 Å². The van der Waals surface area contributed by atoms with Gasteiger partial charge >= 0.3 is 0 Å². The maximum absolute atomic E-state index is 11.7. The second-order valence-electron chi connectivity index (χ2n) is 3.29. The van der Waals surface area contributed by atoms with Gasteiger partial charge in [-0.05, 0) is 24.5 Å². The first-order valence-electron chi connectivity index (χ1n) is 4.46. The summed E-state index contributed by atoms with van der Waals surface area (Å²) in [6.07, 6.45) is 0.271. The second kappa shape index (κ2) is 3.90. The lowest BCUT2D eigenvalue weighted by atomic mass is 10.2. The van der Waals surface area contributed by atoms with Crippen molar-refractivity contribution in [3.05, 3.63) is 28.5 Å². The molecule has 2 aromatic rings. The molecule has 0 bridgehead atoms. The largest absolute Gasteiger partial charge is 0.292 e. The number of Topliss-reactive ketones (excluding diaryl/α,β-unsaturated/α-hetero) is 1. The van der Waals surface area contributed by atoms with E-state index in [2.05, 4.69) is 14.7 Å². The summed E-state index contributed by atoms with van der Waals surface area (Å²) >= 11 is 1.25. The molecule has 0 aliphatic heterocycles. The van der Waals surface area contributed by atoms with Crippen molar-refractivity contribution in [2.75, 3.05) is 0 Å². The lowest BCUT2D eigenvalue weighted by molar-refractivity contribution is 0.0986. The average Bonchev–Trinajstić information content (AvgIpc) is 2.78. The molecule has 2 heterocycles. The van der Waals surface area contributed by atoms with E-state index < -0.39 is 0 Å². The highest BCUT2D eigenvalue weighted by Crippen LogP contribution is 2.06. The van der Waals surface area contributed by atoms with Gasteiger partial charge < -0.3 is 0 Å². The zero-order valence-electron chi connectivity index (χ0n) is 8.47. The Bertz CT molecular complexity index is 455. The number of aromatic nitrogens is 4. The maximum atomic E-state index is 11.7. The van der Waals surface area contributed by atoms with E-state index in [1.807, 2.05) is 14.0 Å². The SMILES string of the molecule is Cc1cc(C(=O)Cc2csnn2)nn1C. The van der Waals surface area contributed by atoms with Crippen LogP contribution in [0.3, 0.4) is 0 Å². The summed E-state index contributed by atoms with van der Waals surface area (Å²) in [5, 5.41) is 9.71. The van der Waals surface area contributed by atoms with E-state index in [0.29, 0.717) is 11.4 Å². The molecule has 0 saturated carbocycles. The number of rotatable bonds is 3. The normalized spacial score (nSPS) is 10.5. The van der Waals surface area contributed by atoms with Crippen molar-refractivity contribution in [1.82, 2.24) is 19.4 Å². The van der Waals surface area contributed by atoms with Crippen LogP contribution in [-0.4, -0.2) is 25.2 Å². The molecule has 0 radical (unpaired) electrons. The molecular formula is C9H10N4OS. The van der Waals surface area contributed by atoms with Gasteiger partial charge in [-0.25, -0.2) is 0 Å². The van der Waals surface area contributed by atoms with Gasteiger partial charge in [0, 0.05) is 18.1 Å². The Morgan fingerprint density at radius 3 is 2.93 bits per heavy atom. The Labute approximate surface area is 90.9 Å². The predicted molar refractivity (Wildman–Crippen MR) is 55.9 cm³/mol. The van der Waals surface area contributed by atoms with Gasteiger partial charge in [-0.15, -0.1) is 5.10 Å².